The van der Waals surface area contributed by atoms with Crippen molar-refractivity contribution in [3.63, 3.8) is 0 Å². The first kappa shape index (κ1) is 16.7. The van der Waals surface area contributed by atoms with Gasteiger partial charge in [-0.1, -0.05) is 12.1 Å². The predicted molar refractivity (Wildman–Crippen MR) is 102 cm³/mol. The van der Waals surface area contributed by atoms with Gasteiger partial charge in [-0.2, -0.15) is 0 Å². The van der Waals surface area contributed by atoms with Gasteiger partial charge >= 0.3 is 0 Å². The largest absolute Gasteiger partial charge is 0.439 e. The molecular formula is C19H23N5O2. The number of nitrogens with zero attached hydrogens (tertiary/aromatic N) is 5. The molecule has 1 aromatic rings. The Bertz CT molecular complexity index is 827. The van der Waals surface area contributed by atoms with Gasteiger partial charge in [-0.25, -0.2) is 9.98 Å². The maximum atomic E-state index is 6.00. The summed E-state index contributed by atoms with van der Waals surface area (Å²) >= 11 is 0. The molecule has 0 aromatic heterocycles. The lowest BCUT2D eigenvalue weighted by Crippen LogP contribution is -2.37. The van der Waals surface area contributed by atoms with Crippen LogP contribution in [0.1, 0.15) is 6.92 Å². The van der Waals surface area contributed by atoms with Gasteiger partial charge in [0, 0.05) is 33.3 Å². The molecule has 136 valence electrons. The van der Waals surface area contributed by atoms with Gasteiger partial charge in [0.1, 0.15) is 12.4 Å². The number of anilines is 1. The summed E-state index contributed by atoms with van der Waals surface area (Å²) in [6.07, 6.45) is 3.80. The second kappa shape index (κ2) is 6.84. The van der Waals surface area contributed by atoms with Gasteiger partial charge in [-0.3, -0.25) is 0 Å². The highest BCUT2D eigenvalue weighted by molar-refractivity contribution is 6.07. The third-order valence-electron chi connectivity index (χ3n) is 4.59. The van der Waals surface area contributed by atoms with Gasteiger partial charge in [0.15, 0.2) is 11.6 Å². The molecule has 0 amide bonds. The summed E-state index contributed by atoms with van der Waals surface area (Å²) in [5, 5.41) is 0. The monoisotopic (exact) mass is 353 g/mol. The van der Waals surface area contributed by atoms with Crippen molar-refractivity contribution >= 4 is 17.9 Å². The Morgan fingerprint density at radius 3 is 2.92 bits per heavy atom. The minimum absolute atomic E-state index is 0.628. The van der Waals surface area contributed by atoms with Crippen molar-refractivity contribution in [3.05, 3.63) is 47.6 Å². The van der Waals surface area contributed by atoms with E-state index in [2.05, 4.69) is 14.9 Å². The molecule has 0 atom stereocenters. The SMILES string of the molecule is CCOCCN1C=NC(/C=C2\Oc3ccccc3N2C)=C2C1=NCN2C. The Kier molecular flexibility index (Phi) is 4.38. The van der Waals surface area contributed by atoms with E-state index >= 15 is 0 Å². The Hall–Kier alpha value is -2.80. The quantitative estimate of drug-likeness (QED) is 0.760. The van der Waals surface area contributed by atoms with E-state index in [1.54, 1.807) is 0 Å². The van der Waals surface area contributed by atoms with Gasteiger partial charge in [0.05, 0.1) is 24.3 Å². The molecule has 0 unspecified atom stereocenters. The molecule has 1 aromatic carbocycles. The number of hydrogen-bond donors (Lipinski definition) is 0. The lowest BCUT2D eigenvalue weighted by atomic mass is 10.2. The van der Waals surface area contributed by atoms with Crippen LogP contribution in [-0.4, -0.2) is 62.5 Å². The number of hydrogen-bond acceptors (Lipinski definition) is 7. The van der Waals surface area contributed by atoms with Crippen LogP contribution < -0.4 is 9.64 Å². The Morgan fingerprint density at radius 1 is 1.27 bits per heavy atom. The van der Waals surface area contributed by atoms with Gasteiger partial charge in [0.2, 0.25) is 5.88 Å². The van der Waals surface area contributed by atoms with Crippen LogP contribution in [0.4, 0.5) is 5.69 Å². The molecule has 0 N–H and O–H groups in total. The Labute approximate surface area is 153 Å². The summed E-state index contributed by atoms with van der Waals surface area (Å²) < 4.78 is 11.5. The molecule has 0 aliphatic carbocycles. The second-order valence-electron chi connectivity index (χ2n) is 6.30. The summed E-state index contributed by atoms with van der Waals surface area (Å²) in [7, 11) is 4.02. The minimum atomic E-state index is 0.628. The molecule has 4 rings (SSSR count). The molecule has 26 heavy (non-hydrogen) atoms. The summed E-state index contributed by atoms with van der Waals surface area (Å²) in [6.45, 7) is 4.72. The van der Waals surface area contributed by atoms with Crippen LogP contribution in [0.3, 0.4) is 0 Å². The predicted octanol–water partition coefficient (Wildman–Crippen LogP) is 2.25. The second-order valence-corrected chi connectivity index (χ2v) is 6.30. The molecule has 0 fully saturated rings. The number of allylic oxidation sites excluding steroid dienone is 1. The van der Waals surface area contributed by atoms with Crippen LogP contribution in [0.2, 0.25) is 0 Å². The number of para-hydroxylation sites is 2. The Balaban J connectivity index is 1.61. The highest BCUT2D eigenvalue weighted by atomic mass is 16.5. The first-order valence-electron chi connectivity index (χ1n) is 8.80. The maximum absolute atomic E-state index is 6.00. The number of aliphatic imine (C=N–C) groups is 2. The summed E-state index contributed by atoms with van der Waals surface area (Å²) in [5.41, 5.74) is 2.92. The zero-order valence-electron chi connectivity index (χ0n) is 15.3. The molecule has 0 bridgehead atoms. The highest BCUT2D eigenvalue weighted by Gasteiger charge is 2.30. The maximum Gasteiger partial charge on any atom is 0.202 e. The molecule has 0 radical (unpaired) electrons. The molecule has 7 heteroatoms. The van der Waals surface area contributed by atoms with Crippen molar-refractivity contribution in [2.45, 2.75) is 6.92 Å². The number of benzene rings is 1. The topological polar surface area (TPSA) is 52.9 Å². The van der Waals surface area contributed by atoms with Crippen molar-refractivity contribution in [1.82, 2.24) is 9.80 Å². The number of ether oxygens (including phenoxy) is 2. The average molecular weight is 353 g/mol. The first-order chi connectivity index (χ1) is 12.7. The van der Waals surface area contributed by atoms with E-state index in [1.807, 2.05) is 67.5 Å². The van der Waals surface area contributed by atoms with Crippen LogP contribution in [0, 0.1) is 0 Å². The lowest BCUT2D eigenvalue weighted by molar-refractivity contribution is 0.142. The third kappa shape index (κ3) is 2.84. The van der Waals surface area contributed by atoms with Crippen molar-refractivity contribution in [2.24, 2.45) is 9.98 Å². The van der Waals surface area contributed by atoms with E-state index in [0.717, 1.165) is 41.1 Å². The van der Waals surface area contributed by atoms with Crippen molar-refractivity contribution in [2.75, 3.05) is 45.4 Å². The highest BCUT2D eigenvalue weighted by Crippen LogP contribution is 2.38. The minimum Gasteiger partial charge on any atom is -0.439 e. The molecule has 3 aliphatic heterocycles. The van der Waals surface area contributed by atoms with Gasteiger partial charge in [-0.05, 0) is 19.1 Å². The van der Waals surface area contributed by atoms with E-state index in [-0.39, 0.29) is 0 Å². The fourth-order valence-corrected chi connectivity index (χ4v) is 3.21. The van der Waals surface area contributed by atoms with Gasteiger partial charge < -0.3 is 24.2 Å². The van der Waals surface area contributed by atoms with Crippen LogP contribution >= 0.6 is 0 Å². The zero-order chi connectivity index (χ0) is 18.1. The van der Waals surface area contributed by atoms with Crippen LogP contribution in [-0.2, 0) is 4.74 Å². The summed E-state index contributed by atoms with van der Waals surface area (Å²) in [6, 6.07) is 8.00. The van der Waals surface area contributed by atoms with Crippen LogP contribution in [0.5, 0.6) is 5.75 Å². The smallest absolute Gasteiger partial charge is 0.202 e. The number of rotatable bonds is 5. The summed E-state index contributed by atoms with van der Waals surface area (Å²) in [4.78, 5) is 15.5. The van der Waals surface area contributed by atoms with Crippen LogP contribution in [0.25, 0.3) is 0 Å². The third-order valence-corrected chi connectivity index (χ3v) is 4.59. The average Bonchev–Trinajstić information content (AvgIpc) is 3.19. The van der Waals surface area contributed by atoms with Crippen molar-refractivity contribution in [3.8, 4) is 5.75 Å². The van der Waals surface area contributed by atoms with Crippen LogP contribution in [0.15, 0.2) is 57.6 Å². The van der Waals surface area contributed by atoms with E-state index in [0.29, 0.717) is 19.9 Å². The van der Waals surface area contributed by atoms with E-state index in [9.17, 15) is 0 Å². The molecule has 0 saturated heterocycles. The fourth-order valence-electron chi connectivity index (χ4n) is 3.21. The molecule has 7 nitrogen and oxygen atoms in total. The van der Waals surface area contributed by atoms with Crippen molar-refractivity contribution in [1.29, 1.82) is 0 Å². The van der Waals surface area contributed by atoms with Crippen molar-refractivity contribution < 1.29 is 9.47 Å². The van der Waals surface area contributed by atoms with E-state index in [4.69, 9.17) is 9.47 Å². The first-order valence-corrected chi connectivity index (χ1v) is 8.80. The van der Waals surface area contributed by atoms with Gasteiger partial charge in [0.25, 0.3) is 0 Å². The Morgan fingerprint density at radius 2 is 2.12 bits per heavy atom. The number of fused-ring (bicyclic) bond motifs is 2. The lowest BCUT2D eigenvalue weighted by Gasteiger charge is -2.27. The normalized spacial score (nSPS) is 19.9. The van der Waals surface area contributed by atoms with E-state index < -0.39 is 0 Å². The molecule has 0 spiro atoms. The standard InChI is InChI=1S/C19H23N5O2/c1-4-25-10-9-24-13-20-14(18-19(24)21-12-22(18)2)11-17-23(3)15-7-5-6-8-16(15)26-17/h5-8,11,13H,4,9-10,12H2,1-3H3/b17-11-. The number of likely N-dealkylation sites (N-methyl/N-ethyl adjacent to an activating group) is 1. The summed E-state index contributed by atoms with van der Waals surface area (Å²) in [5.74, 6) is 2.55. The molecule has 3 heterocycles. The fraction of sp³-hybridized carbons (Fsp3) is 0.368. The zero-order valence-corrected chi connectivity index (χ0v) is 15.3. The molecule has 3 aliphatic rings. The molecular weight excluding hydrogens is 330 g/mol. The van der Waals surface area contributed by atoms with Gasteiger partial charge in [-0.15, -0.1) is 0 Å². The number of amidine groups is 1. The van der Waals surface area contributed by atoms with E-state index in [1.165, 1.54) is 0 Å². The molecule has 0 saturated carbocycles.